The quantitative estimate of drug-likeness (QED) is 0.778. The van der Waals surface area contributed by atoms with E-state index < -0.39 is 12.7 Å². The van der Waals surface area contributed by atoms with E-state index in [9.17, 15) is 9.90 Å². The molecule has 1 unspecified atom stereocenters. The first kappa shape index (κ1) is 15.0. The van der Waals surface area contributed by atoms with Crippen LogP contribution in [0.4, 0.5) is 0 Å². The van der Waals surface area contributed by atoms with E-state index in [-0.39, 0.29) is 5.91 Å². The summed E-state index contributed by atoms with van der Waals surface area (Å²) in [5.74, 6) is -0.213. The van der Waals surface area contributed by atoms with Crippen LogP contribution in [-0.2, 0) is 11.2 Å². The topological polar surface area (TPSA) is 64.0 Å². The van der Waals surface area contributed by atoms with Crippen molar-refractivity contribution in [2.45, 2.75) is 12.5 Å². The fourth-order valence-corrected chi connectivity index (χ4v) is 2.53. The van der Waals surface area contributed by atoms with Crippen LogP contribution in [0.25, 0.3) is 0 Å². The van der Waals surface area contributed by atoms with Gasteiger partial charge in [-0.1, -0.05) is 30.3 Å². The molecule has 1 aliphatic rings. The molecule has 5 heteroatoms. The first-order valence-electron chi connectivity index (χ1n) is 7.02. The highest BCUT2D eigenvalue weighted by atomic mass is 16.3. The summed E-state index contributed by atoms with van der Waals surface area (Å²) < 4.78 is 0. The number of piperazine rings is 1. The summed E-state index contributed by atoms with van der Waals surface area (Å²) in [7, 11) is 0. The predicted molar refractivity (Wildman–Crippen MR) is 76.3 cm³/mol. The average Bonchev–Trinajstić information content (AvgIpc) is 2.48. The van der Waals surface area contributed by atoms with Crippen molar-refractivity contribution in [2.75, 3.05) is 39.3 Å². The molecule has 0 saturated carbocycles. The molecule has 2 N–H and O–H groups in total. The summed E-state index contributed by atoms with van der Waals surface area (Å²) in [4.78, 5) is 15.2. The van der Waals surface area contributed by atoms with Gasteiger partial charge in [-0.05, 0) is 12.0 Å². The molecule has 0 spiro atoms. The molecule has 1 aromatic rings. The molecule has 0 aromatic heterocycles. The number of aliphatic hydroxyl groups is 2. The van der Waals surface area contributed by atoms with Crippen LogP contribution in [0.5, 0.6) is 0 Å². The highest BCUT2D eigenvalue weighted by molar-refractivity contribution is 5.77. The Hall–Kier alpha value is -1.43. The zero-order valence-corrected chi connectivity index (χ0v) is 11.6. The Morgan fingerprint density at radius 1 is 1.15 bits per heavy atom. The van der Waals surface area contributed by atoms with E-state index in [1.807, 2.05) is 30.3 Å². The van der Waals surface area contributed by atoms with Crippen LogP contribution < -0.4 is 0 Å². The van der Waals surface area contributed by atoms with Crippen LogP contribution in [0.3, 0.4) is 0 Å². The normalized spacial score (nSPS) is 18.0. The van der Waals surface area contributed by atoms with E-state index in [2.05, 4.69) is 4.90 Å². The molecule has 20 heavy (non-hydrogen) atoms. The lowest BCUT2D eigenvalue weighted by molar-refractivity contribution is -0.136. The number of amides is 1. The van der Waals surface area contributed by atoms with Gasteiger partial charge in [-0.3, -0.25) is 9.69 Å². The fourth-order valence-electron chi connectivity index (χ4n) is 2.53. The maximum atomic E-state index is 11.3. The number of hydrogen-bond donors (Lipinski definition) is 2. The molecular weight excluding hydrogens is 256 g/mol. The second-order valence-electron chi connectivity index (χ2n) is 5.18. The Kier molecular flexibility index (Phi) is 5.52. The smallest absolute Gasteiger partial charge is 0.248 e. The second kappa shape index (κ2) is 7.38. The van der Waals surface area contributed by atoms with Gasteiger partial charge in [-0.25, -0.2) is 0 Å². The van der Waals surface area contributed by atoms with Crippen molar-refractivity contribution in [2.24, 2.45) is 0 Å². The minimum atomic E-state index is -0.420. The van der Waals surface area contributed by atoms with Gasteiger partial charge >= 0.3 is 0 Å². The highest BCUT2D eigenvalue weighted by Gasteiger charge is 2.21. The number of nitrogens with zero attached hydrogens (tertiary/aromatic N) is 2. The number of benzene rings is 1. The standard InChI is InChI=1S/C15H22N2O3/c18-12-15(20)17-8-6-16(7-9-17)11-14(19)10-13-4-2-1-3-5-13/h1-5,14,18-19H,6-12H2. The van der Waals surface area contributed by atoms with E-state index in [1.54, 1.807) is 4.90 Å². The Labute approximate surface area is 119 Å². The molecule has 1 fully saturated rings. The van der Waals surface area contributed by atoms with E-state index in [4.69, 9.17) is 5.11 Å². The zero-order chi connectivity index (χ0) is 14.4. The van der Waals surface area contributed by atoms with Crippen molar-refractivity contribution in [1.29, 1.82) is 0 Å². The minimum Gasteiger partial charge on any atom is -0.391 e. The van der Waals surface area contributed by atoms with Crippen LogP contribution in [0.1, 0.15) is 5.56 Å². The van der Waals surface area contributed by atoms with Gasteiger partial charge in [0.15, 0.2) is 0 Å². The predicted octanol–water partition coefficient (Wildman–Crippen LogP) is -0.273. The van der Waals surface area contributed by atoms with Gasteiger partial charge in [-0.15, -0.1) is 0 Å². The van der Waals surface area contributed by atoms with Crippen LogP contribution in [-0.4, -0.2) is 71.4 Å². The molecule has 1 aromatic carbocycles. The summed E-state index contributed by atoms with van der Waals surface area (Å²) in [6.07, 6.45) is 0.258. The van der Waals surface area contributed by atoms with Crippen LogP contribution in [0, 0.1) is 0 Å². The number of β-amino-alcohol motifs (C(OH)–C–C–N with tert-alkyl or cyclic N) is 1. The molecular formula is C15H22N2O3. The zero-order valence-electron chi connectivity index (χ0n) is 11.6. The fraction of sp³-hybridized carbons (Fsp3) is 0.533. The van der Waals surface area contributed by atoms with Crippen molar-refractivity contribution in [3.8, 4) is 0 Å². The highest BCUT2D eigenvalue weighted by Crippen LogP contribution is 2.07. The number of rotatable bonds is 5. The van der Waals surface area contributed by atoms with E-state index in [1.165, 1.54) is 0 Å². The third-order valence-corrected chi connectivity index (χ3v) is 3.64. The molecule has 1 amide bonds. The van der Waals surface area contributed by atoms with Crippen molar-refractivity contribution >= 4 is 5.91 Å². The minimum absolute atomic E-state index is 0.213. The van der Waals surface area contributed by atoms with Crippen molar-refractivity contribution in [3.05, 3.63) is 35.9 Å². The summed E-state index contributed by atoms with van der Waals surface area (Å²) in [6, 6.07) is 9.94. The molecule has 1 saturated heterocycles. The van der Waals surface area contributed by atoms with Crippen LogP contribution in [0.15, 0.2) is 30.3 Å². The molecule has 0 bridgehead atoms. The molecule has 2 rings (SSSR count). The Morgan fingerprint density at radius 3 is 2.40 bits per heavy atom. The van der Waals surface area contributed by atoms with Crippen molar-refractivity contribution < 1.29 is 15.0 Å². The first-order valence-corrected chi connectivity index (χ1v) is 7.02. The molecule has 1 aliphatic heterocycles. The second-order valence-corrected chi connectivity index (χ2v) is 5.18. The van der Waals surface area contributed by atoms with Crippen molar-refractivity contribution in [1.82, 2.24) is 9.80 Å². The number of hydrogen-bond acceptors (Lipinski definition) is 4. The molecule has 1 atom stereocenters. The Bertz CT molecular complexity index is 416. The van der Waals surface area contributed by atoms with Gasteiger partial charge < -0.3 is 15.1 Å². The summed E-state index contributed by atoms with van der Waals surface area (Å²) in [5, 5.41) is 18.9. The van der Waals surface area contributed by atoms with E-state index >= 15 is 0 Å². The number of aliphatic hydroxyl groups excluding tert-OH is 2. The molecule has 1 heterocycles. The maximum absolute atomic E-state index is 11.3. The van der Waals surface area contributed by atoms with Crippen molar-refractivity contribution in [3.63, 3.8) is 0 Å². The lowest BCUT2D eigenvalue weighted by atomic mass is 10.1. The summed E-state index contributed by atoms with van der Waals surface area (Å²) in [6.45, 7) is 2.94. The largest absolute Gasteiger partial charge is 0.391 e. The first-order chi connectivity index (χ1) is 9.69. The van der Waals surface area contributed by atoms with Gasteiger partial charge in [0, 0.05) is 32.7 Å². The molecule has 110 valence electrons. The Morgan fingerprint density at radius 2 is 1.80 bits per heavy atom. The van der Waals surface area contributed by atoms with Gasteiger partial charge in [0.1, 0.15) is 6.61 Å². The third-order valence-electron chi connectivity index (χ3n) is 3.64. The maximum Gasteiger partial charge on any atom is 0.248 e. The Balaban J connectivity index is 1.74. The van der Waals surface area contributed by atoms with E-state index in [0.29, 0.717) is 26.1 Å². The van der Waals surface area contributed by atoms with Gasteiger partial charge in [0.05, 0.1) is 6.10 Å². The molecule has 0 radical (unpaired) electrons. The molecule has 5 nitrogen and oxygen atoms in total. The lowest BCUT2D eigenvalue weighted by Crippen LogP contribution is -2.51. The van der Waals surface area contributed by atoms with E-state index in [0.717, 1.165) is 18.7 Å². The summed E-state index contributed by atoms with van der Waals surface area (Å²) in [5.41, 5.74) is 1.13. The van der Waals surface area contributed by atoms with Crippen LogP contribution in [0.2, 0.25) is 0 Å². The molecule has 0 aliphatic carbocycles. The lowest BCUT2D eigenvalue weighted by Gasteiger charge is -2.35. The number of carbonyl (C=O) groups excluding carboxylic acids is 1. The van der Waals surface area contributed by atoms with Crippen LogP contribution >= 0.6 is 0 Å². The summed E-state index contributed by atoms with van der Waals surface area (Å²) >= 11 is 0. The van der Waals surface area contributed by atoms with Gasteiger partial charge in [0.2, 0.25) is 5.91 Å². The van der Waals surface area contributed by atoms with Gasteiger partial charge in [-0.2, -0.15) is 0 Å². The van der Waals surface area contributed by atoms with Gasteiger partial charge in [0.25, 0.3) is 0 Å². The monoisotopic (exact) mass is 278 g/mol. The third kappa shape index (κ3) is 4.30. The average molecular weight is 278 g/mol. The number of carbonyl (C=O) groups is 1. The SMILES string of the molecule is O=C(CO)N1CCN(CC(O)Cc2ccccc2)CC1.